The number of hydrogen-bond acceptors (Lipinski definition) is 13. The molecule has 0 spiro atoms. The maximum Gasteiger partial charge on any atom is 2.00 e. The largest absolute Gasteiger partial charge is 2.00 e. The number of benzene rings is 3. The second-order valence-electron chi connectivity index (χ2n) is 16.7. The number of aromatic nitrogens is 6. The van der Waals surface area contributed by atoms with E-state index in [2.05, 4.69) is 125 Å². The van der Waals surface area contributed by atoms with Gasteiger partial charge in [0.25, 0.3) is 19.4 Å². The van der Waals surface area contributed by atoms with E-state index < -0.39 is 11.9 Å². The summed E-state index contributed by atoms with van der Waals surface area (Å²) in [5, 5.41) is 17.3. The maximum absolute atomic E-state index is 13.1. The molecule has 77 heavy (non-hydrogen) atoms. The Kier molecular flexibility index (Phi) is 23.9. The molecule has 0 saturated heterocycles. The molecule has 5 aromatic heterocycles. The van der Waals surface area contributed by atoms with Crippen LogP contribution in [0.15, 0.2) is 146 Å². The zero-order valence-electron chi connectivity index (χ0n) is 41.8. The second kappa shape index (κ2) is 30.9. The molecule has 8 aromatic rings. The molecule has 0 atom stereocenters. The number of pyridine rings is 4. The molecular weight excluding hydrogens is 1090 g/mol. The summed E-state index contributed by atoms with van der Waals surface area (Å²) in [6.07, 6.45) is 15.2. The van der Waals surface area contributed by atoms with Gasteiger partial charge in [0.05, 0.1) is 41.0 Å². The fourth-order valence-corrected chi connectivity index (χ4v) is 7.77. The number of rotatable bonds is 22. The van der Waals surface area contributed by atoms with Crippen LogP contribution in [-0.4, -0.2) is 49.6 Å². The van der Waals surface area contributed by atoms with Crippen molar-refractivity contribution in [2.45, 2.75) is 71.4 Å². The summed E-state index contributed by atoms with van der Waals surface area (Å²) in [6, 6.07) is 36.3. The number of thiocarbonyl (C=S) groups is 1. The van der Waals surface area contributed by atoms with E-state index in [-0.39, 0.29) is 30.9 Å². The monoisotopic (exact) mass is 1150 g/mol. The van der Waals surface area contributed by atoms with Gasteiger partial charge in [-0.3, -0.25) is 29.3 Å². The fraction of sp³-hybridized carbons (Fsp3) is 0.190. The molecule has 0 saturated carbocycles. The minimum atomic E-state index is -4.55. The number of carbonyl (C=O) groups excluding carboxylic acids is 3. The summed E-state index contributed by atoms with van der Waals surface area (Å²) < 4.78 is 53.5. The van der Waals surface area contributed by atoms with Crippen LogP contribution in [0.1, 0.15) is 80.3 Å². The fourth-order valence-electron chi connectivity index (χ4n) is 7.77. The zero-order chi connectivity index (χ0) is 54.1. The van der Waals surface area contributed by atoms with Gasteiger partial charge in [-0.05, 0) is 138 Å². The Hall–Kier alpha value is -8.37. The van der Waals surface area contributed by atoms with Gasteiger partial charge in [0.15, 0.2) is 0 Å². The number of ether oxygens (including phenoxy) is 3. The van der Waals surface area contributed by atoms with Crippen LogP contribution in [0.3, 0.4) is 0 Å². The Labute approximate surface area is 461 Å². The van der Waals surface area contributed by atoms with Crippen LogP contribution in [0, 0.1) is 0 Å². The number of alkyl halides is 3. The van der Waals surface area contributed by atoms with Gasteiger partial charge < -0.3 is 34.7 Å². The molecule has 0 aliphatic rings. The first-order valence-corrected chi connectivity index (χ1v) is 24.4. The van der Waals surface area contributed by atoms with Crippen molar-refractivity contribution in [3.05, 3.63) is 180 Å². The quantitative estimate of drug-likeness (QED) is 0.0156. The first-order valence-electron chi connectivity index (χ1n) is 24.0. The van der Waals surface area contributed by atoms with Crippen LogP contribution in [0.5, 0.6) is 5.75 Å². The Bertz CT molecular complexity index is 3140. The molecule has 0 radical (unpaired) electrons. The number of halogens is 3. The van der Waals surface area contributed by atoms with Crippen molar-refractivity contribution in [3.63, 3.8) is 0 Å². The van der Waals surface area contributed by atoms with Crippen LogP contribution < -0.4 is 14.7 Å². The Morgan fingerprint density at radius 1 is 0.623 bits per heavy atom. The smallest absolute Gasteiger partial charge is 0.753 e. The molecule has 0 unspecified atom stereocenters. The number of aryl methyl sites for hydroxylation is 2. The minimum Gasteiger partial charge on any atom is -0.753 e. The maximum atomic E-state index is 13.1. The summed E-state index contributed by atoms with van der Waals surface area (Å²) >= 11 is 3.70. The van der Waals surface area contributed by atoms with Crippen molar-refractivity contribution in [2.75, 3.05) is 4.90 Å². The number of anilines is 3. The molecule has 19 heteroatoms. The summed E-state index contributed by atoms with van der Waals surface area (Å²) in [6.45, 7) is 5.37. The van der Waals surface area contributed by atoms with Gasteiger partial charge in [-0.25, -0.2) is 4.98 Å². The summed E-state index contributed by atoms with van der Waals surface area (Å²) in [5.74, 6) is 0.258. The predicted molar refractivity (Wildman–Crippen MR) is 290 cm³/mol. The van der Waals surface area contributed by atoms with Crippen LogP contribution in [0.25, 0.3) is 62.5 Å². The second-order valence-corrected chi connectivity index (χ2v) is 16.9. The van der Waals surface area contributed by atoms with Gasteiger partial charge in [0.2, 0.25) is 0 Å². The number of fused-ring (bicyclic) bond motifs is 1. The predicted octanol–water partition coefficient (Wildman–Crippen LogP) is 13.9. The van der Waals surface area contributed by atoms with Crippen molar-refractivity contribution in [2.24, 2.45) is 0 Å². The molecule has 0 N–H and O–H groups in total. The molecule has 0 bridgehead atoms. The minimum absolute atomic E-state index is 0. The van der Waals surface area contributed by atoms with Crippen molar-refractivity contribution >= 4 is 76.8 Å². The number of carbonyl (C=O) groups is 3. The van der Waals surface area contributed by atoms with Crippen LogP contribution in [0.2, 0.25) is 0 Å². The van der Waals surface area contributed by atoms with E-state index in [1.54, 1.807) is 73.2 Å². The van der Waals surface area contributed by atoms with E-state index in [4.69, 9.17) is 10.1 Å². The standard InChI is InChI=1S/C35H36F3N4.C22H15N3O6.CNS.Ru/c1-3-5-7-9-25-11-16-29(17-12-25)42(30-18-13-26(14-19-30)10-8-6-4-2)31-20-15-27-24-39-32(22-28(27)21-31)33-23-34(41-40-33)35(36,37)38;26-13-29-7-3-16-1-5-23-19(9-16)21-11-18(31-15-28)12-22(25-21)20-10-17(2-6-24-20)4-8-30-14-27;2-1-3;/h11-24H,3-10H2,1-2H3;1-15H;;/q-1;;-1;+2/b;7-3+,8-4+;;. The van der Waals surface area contributed by atoms with Gasteiger partial charge in [-0.1, -0.05) is 87.8 Å². The molecule has 3 aromatic carbocycles. The zero-order valence-corrected chi connectivity index (χ0v) is 44.4. The van der Waals surface area contributed by atoms with Gasteiger partial charge in [0, 0.05) is 53.2 Å². The first-order chi connectivity index (χ1) is 37.0. The molecule has 8 rings (SSSR count). The van der Waals surface area contributed by atoms with E-state index in [1.165, 1.54) is 67.3 Å². The molecule has 394 valence electrons. The topological polar surface area (TPSA) is 183 Å². The van der Waals surface area contributed by atoms with E-state index in [0.717, 1.165) is 57.9 Å². The van der Waals surface area contributed by atoms with Crippen LogP contribution in [-0.2, 0) is 62.4 Å². The molecule has 0 fully saturated rings. The number of nitrogens with zero attached hydrogens (tertiary/aromatic N) is 8. The van der Waals surface area contributed by atoms with Crippen molar-refractivity contribution in [1.82, 2.24) is 30.1 Å². The van der Waals surface area contributed by atoms with E-state index in [0.29, 0.717) is 47.9 Å². The first kappa shape index (κ1) is 59.5. The van der Waals surface area contributed by atoms with Gasteiger partial charge in [0.1, 0.15) is 11.4 Å². The molecule has 0 amide bonds. The average molecular weight is 1150 g/mol. The van der Waals surface area contributed by atoms with Crippen molar-refractivity contribution in [1.29, 1.82) is 0 Å². The summed E-state index contributed by atoms with van der Waals surface area (Å²) in [7, 11) is 0. The van der Waals surface area contributed by atoms with Gasteiger partial charge in [-0.2, -0.15) is 18.3 Å². The van der Waals surface area contributed by atoms with Gasteiger partial charge in [-0.15, -0.1) is 0 Å². The third-order valence-corrected chi connectivity index (χ3v) is 11.4. The third-order valence-electron chi connectivity index (χ3n) is 11.4. The molecular formula is C58H51F3N8O6RuS. The summed E-state index contributed by atoms with van der Waals surface area (Å²) in [5.41, 5.74) is 8.42. The average Bonchev–Trinajstić information content (AvgIpc) is 3.96. The SMILES string of the molecule is CCCCCc1ccc(N(c2ccc(CCCCC)cc2)c2ccc3cnc(-c4cc(C(F)(F)F)n[n-]4)cc3c2)cc1.O=CO/C=C/c1ccnc(-c2cc(OC=O)cc(-c3cc(/C=C/OC=O)ccn3)n2)c1.[N-]=C=S.[Ru+2]. The molecule has 0 aliphatic carbocycles. The van der Waals surface area contributed by atoms with Crippen LogP contribution in [0.4, 0.5) is 30.2 Å². The van der Waals surface area contributed by atoms with E-state index in [9.17, 15) is 27.6 Å². The van der Waals surface area contributed by atoms with E-state index >= 15 is 0 Å². The Balaban J connectivity index is 0.000000278. The van der Waals surface area contributed by atoms with Crippen molar-refractivity contribution in [3.8, 4) is 39.9 Å². The Morgan fingerprint density at radius 3 is 1.61 bits per heavy atom. The van der Waals surface area contributed by atoms with Gasteiger partial charge >= 0.3 is 25.7 Å². The van der Waals surface area contributed by atoms with Crippen molar-refractivity contribution < 1.29 is 61.2 Å². The normalized spacial score (nSPS) is 10.8. The number of unbranched alkanes of at least 4 members (excludes halogenated alkanes) is 4. The Morgan fingerprint density at radius 2 is 1.14 bits per heavy atom. The van der Waals surface area contributed by atoms with Crippen LogP contribution >= 0.6 is 12.2 Å². The number of hydrogen-bond donors (Lipinski definition) is 0. The molecule has 5 heterocycles. The number of isothiocyanates is 1. The molecule has 14 nitrogen and oxygen atoms in total. The van der Waals surface area contributed by atoms with E-state index in [1.807, 2.05) is 12.1 Å². The summed E-state index contributed by atoms with van der Waals surface area (Å²) in [4.78, 5) is 51.2. The molecule has 0 aliphatic heterocycles. The third kappa shape index (κ3) is 17.9.